The lowest BCUT2D eigenvalue weighted by Crippen LogP contribution is -2.26. The summed E-state index contributed by atoms with van der Waals surface area (Å²) in [5.74, 6) is -0.457. The van der Waals surface area contributed by atoms with E-state index in [9.17, 15) is 9.18 Å². The normalized spacial score (nSPS) is 10.9. The number of nitrogens with zero attached hydrogens (tertiary/aromatic N) is 4. The summed E-state index contributed by atoms with van der Waals surface area (Å²) in [5.41, 5.74) is 3.37. The van der Waals surface area contributed by atoms with Crippen molar-refractivity contribution < 1.29 is 9.18 Å². The number of carbonyl (C=O) groups is 1. The molecule has 6 heteroatoms. The van der Waals surface area contributed by atoms with Crippen molar-refractivity contribution in [3.8, 4) is 5.69 Å². The van der Waals surface area contributed by atoms with Crippen LogP contribution in [0.3, 0.4) is 0 Å². The van der Waals surface area contributed by atoms with Crippen LogP contribution in [0.5, 0.6) is 0 Å². The number of halogens is 1. The summed E-state index contributed by atoms with van der Waals surface area (Å²) < 4.78 is 14.8. The fourth-order valence-electron chi connectivity index (χ4n) is 2.99. The number of para-hydroxylation sites is 1. The van der Waals surface area contributed by atoms with Gasteiger partial charge in [0.2, 0.25) is 0 Å². The average molecular weight is 360 g/mol. The second-order valence-electron chi connectivity index (χ2n) is 6.27. The second-order valence-corrected chi connectivity index (χ2v) is 6.27. The van der Waals surface area contributed by atoms with Gasteiger partial charge in [-0.2, -0.15) is 5.10 Å². The summed E-state index contributed by atoms with van der Waals surface area (Å²) in [6.45, 7) is 1.86. The van der Waals surface area contributed by atoms with Gasteiger partial charge in [-0.1, -0.05) is 18.2 Å². The van der Waals surface area contributed by atoms with E-state index in [1.807, 2.05) is 37.3 Å². The summed E-state index contributed by atoms with van der Waals surface area (Å²) in [6.07, 6.45) is 1.55. The predicted octanol–water partition coefficient (Wildman–Crippen LogP) is 4.14. The van der Waals surface area contributed by atoms with Crippen LogP contribution in [0, 0.1) is 12.7 Å². The molecule has 0 spiro atoms. The van der Waals surface area contributed by atoms with Crippen LogP contribution in [0.15, 0.2) is 66.9 Å². The molecule has 0 unspecified atom stereocenters. The molecule has 0 aliphatic rings. The van der Waals surface area contributed by atoms with Crippen molar-refractivity contribution in [3.63, 3.8) is 0 Å². The van der Waals surface area contributed by atoms with Crippen molar-refractivity contribution in [2.45, 2.75) is 6.92 Å². The molecule has 4 aromatic rings. The Hall–Kier alpha value is -3.54. The topological polar surface area (TPSA) is 51.0 Å². The molecular formula is C21H17FN4O. The van der Waals surface area contributed by atoms with Crippen LogP contribution in [0.2, 0.25) is 0 Å². The van der Waals surface area contributed by atoms with Gasteiger partial charge in [0.05, 0.1) is 16.9 Å². The largest absolute Gasteiger partial charge is 0.311 e. The Balaban J connectivity index is 1.74. The van der Waals surface area contributed by atoms with E-state index in [1.54, 1.807) is 41.0 Å². The molecule has 2 aromatic carbocycles. The zero-order chi connectivity index (χ0) is 19.0. The lowest BCUT2D eigenvalue weighted by Gasteiger charge is -2.17. The number of rotatable bonds is 3. The number of carbonyl (C=O) groups excluding carboxylic acids is 1. The summed E-state index contributed by atoms with van der Waals surface area (Å²) >= 11 is 0. The minimum atomic E-state index is -0.309. The highest BCUT2D eigenvalue weighted by molar-refractivity contribution is 6.07. The molecule has 0 atom stereocenters. The third-order valence-electron chi connectivity index (χ3n) is 4.47. The summed E-state index contributed by atoms with van der Waals surface area (Å²) in [5, 5.41) is 5.28. The van der Waals surface area contributed by atoms with Crippen molar-refractivity contribution in [2.24, 2.45) is 0 Å². The van der Waals surface area contributed by atoms with Gasteiger partial charge in [0, 0.05) is 24.3 Å². The number of anilines is 1. The molecule has 4 rings (SSSR count). The summed E-state index contributed by atoms with van der Waals surface area (Å²) in [6, 6.07) is 17.3. The maximum Gasteiger partial charge on any atom is 0.259 e. The zero-order valence-electron chi connectivity index (χ0n) is 14.9. The van der Waals surface area contributed by atoms with Gasteiger partial charge in [0.15, 0.2) is 5.65 Å². The smallest absolute Gasteiger partial charge is 0.259 e. The Morgan fingerprint density at radius 3 is 2.48 bits per heavy atom. The quantitative estimate of drug-likeness (QED) is 0.552. The minimum Gasteiger partial charge on any atom is -0.311 e. The van der Waals surface area contributed by atoms with E-state index in [0.29, 0.717) is 16.9 Å². The van der Waals surface area contributed by atoms with Crippen molar-refractivity contribution >= 4 is 22.6 Å². The molecule has 1 amide bonds. The van der Waals surface area contributed by atoms with Crippen molar-refractivity contribution in [2.75, 3.05) is 11.9 Å². The highest BCUT2D eigenvalue weighted by Gasteiger charge is 2.17. The highest BCUT2D eigenvalue weighted by atomic mass is 19.1. The minimum absolute atomic E-state index is 0.149. The number of hydrogen-bond acceptors (Lipinski definition) is 3. The van der Waals surface area contributed by atoms with E-state index >= 15 is 0 Å². The van der Waals surface area contributed by atoms with Gasteiger partial charge in [-0.25, -0.2) is 14.1 Å². The molecule has 0 saturated heterocycles. The Labute approximate surface area is 155 Å². The van der Waals surface area contributed by atoms with Gasteiger partial charge < -0.3 is 4.90 Å². The van der Waals surface area contributed by atoms with Crippen LogP contribution >= 0.6 is 0 Å². The van der Waals surface area contributed by atoms with Gasteiger partial charge in [-0.3, -0.25) is 4.79 Å². The van der Waals surface area contributed by atoms with Crippen LogP contribution in [-0.4, -0.2) is 27.7 Å². The molecule has 0 aliphatic carbocycles. The molecule has 2 aromatic heterocycles. The van der Waals surface area contributed by atoms with Gasteiger partial charge in [0.1, 0.15) is 5.82 Å². The number of benzene rings is 2. The number of pyridine rings is 1. The molecule has 0 aliphatic heterocycles. The summed E-state index contributed by atoms with van der Waals surface area (Å²) in [4.78, 5) is 18.9. The molecule has 0 saturated carbocycles. The van der Waals surface area contributed by atoms with Crippen molar-refractivity contribution in [1.82, 2.24) is 14.8 Å². The first-order chi connectivity index (χ1) is 13.0. The molecule has 0 fully saturated rings. The molecule has 0 bridgehead atoms. The fraction of sp³-hybridized carbons (Fsp3) is 0.0952. The van der Waals surface area contributed by atoms with Gasteiger partial charge in [-0.05, 0) is 49.4 Å². The van der Waals surface area contributed by atoms with Crippen molar-refractivity contribution in [1.29, 1.82) is 0 Å². The number of hydrogen-bond donors (Lipinski definition) is 0. The molecule has 0 radical (unpaired) electrons. The molecule has 134 valence electrons. The second kappa shape index (κ2) is 6.64. The first kappa shape index (κ1) is 16.9. The van der Waals surface area contributed by atoms with Gasteiger partial charge in [0.25, 0.3) is 5.91 Å². The van der Waals surface area contributed by atoms with E-state index < -0.39 is 0 Å². The Morgan fingerprint density at radius 1 is 1.07 bits per heavy atom. The number of aryl methyl sites for hydroxylation is 1. The lowest BCUT2D eigenvalue weighted by atomic mass is 10.2. The lowest BCUT2D eigenvalue weighted by molar-refractivity contribution is 0.0993. The fourth-order valence-corrected chi connectivity index (χ4v) is 2.99. The van der Waals surface area contributed by atoms with Gasteiger partial charge in [-0.15, -0.1) is 0 Å². The maximum absolute atomic E-state index is 13.2. The number of amides is 1. The van der Waals surface area contributed by atoms with E-state index in [0.717, 1.165) is 16.8 Å². The third-order valence-corrected chi connectivity index (χ3v) is 4.47. The predicted molar refractivity (Wildman–Crippen MR) is 103 cm³/mol. The maximum atomic E-state index is 13.2. The van der Waals surface area contributed by atoms with Crippen LogP contribution in [0.1, 0.15) is 16.1 Å². The first-order valence-corrected chi connectivity index (χ1v) is 8.49. The highest BCUT2D eigenvalue weighted by Crippen LogP contribution is 2.23. The average Bonchev–Trinajstić information content (AvgIpc) is 3.04. The monoisotopic (exact) mass is 360 g/mol. The summed E-state index contributed by atoms with van der Waals surface area (Å²) in [7, 11) is 1.73. The van der Waals surface area contributed by atoms with Crippen LogP contribution in [-0.2, 0) is 0 Å². The SMILES string of the molecule is Cc1nn(-c2ccc(F)cc2)c2ncc(C(=O)N(C)c3ccccc3)cc12. The van der Waals surface area contributed by atoms with Crippen molar-refractivity contribution in [3.05, 3.63) is 83.9 Å². The van der Waals surface area contributed by atoms with E-state index in [1.165, 1.54) is 12.1 Å². The zero-order valence-corrected chi connectivity index (χ0v) is 14.9. The van der Waals surface area contributed by atoms with Crippen LogP contribution in [0.25, 0.3) is 16.7 Å². The Kier molecular flexibility index (Phi) is 4.16. The van der Waals surface area contributed by atoms with Crippen LogP contribution in [0.4, 0.5) is 10.1 Å². The molecule has 0 N–H and O–H groups in total. The molecule has 27 heavy (non-hydrogen) atoms. The molecule has 5 nitrogen and oxygen atoms in total. The van der Waals surface area contributed by atoms with Crippen LogP contribution < -0.4 is 4.90 Å². The standard InChI is InChI=1S/C21H17FN4O/c1-14-19-12-15(21(27)25(2)17-6-4-3-5-7-17)13-23-20(19)26(24-14)18-10-8-16(22)9-11-18/h3-13H,1-2H3. The molecular weight excluding hydrogens is 343 g/mol. The number of fused-ring (bicyclic) bond motifs is 1. The third kappa shape index (κ3) is 3.06. The Morgan fingerprint density at radius 2 is 1.78 bits per heavy atom. The molecule has 2 heterocycles. The van der Waals surface area contributed by atoms with E-state index in [-0.39, 0.29) is 11.7 Å². The van der Waals surface area contributed by atoms with E-state index in [2.05, 4.69) is 10.1 Å². The van der Waals surface area contributed by atoms with Gasteiger partial charge >= 0.3 is 0 Å². The Bertz CT molecular complexity index is 1120. The number of aromatic nitrogens is 3. The van der Waals surface area contributed by atoms with E-state index in [4.69, 9.17) is 0 Å². The first-order valence-electron chi connectivity index (χ1n) is 8.49.